The van der Waals surface area contributed by atoms with Crippen LogP contribution >= 0.6 is 0 Å². The summed E-state index contributed by atoms with van der Waals surface area (Å²) in [5.41, 5.74) is 3.49. The maximum atomic E-state index is 4.60. The zero-order chi connectivity index (χ0) is 11.7. The van der Waals surface area contributed by atoms with E-state index in [1.54, 1.807) is 6.20 Å². The third kappa shape index (κ3) is 1.85. The zero-order valence-corrected chi connectivity index (χ0v) is 10.2. The van der Waals surface area contributed by atoms with E-state index in [-0.39, 0.29) is 0 Å². The number of aryl methyl sites for hydroxylation is 2. The molecule has 0 saturated heterocycles. The van der Waals surface area contributed by atoms with E-state index in [0.29, 0.717) is 5.92 Å². The van der Waals surface area contributed by atoms with Gasteiger partial charge in [0.05, 0.1) is 0 Å². The first kappa shape index (κ1) is 10.9. The van der Waals surface area contributed by atoms with E-state index in [2.05, 4.69) is 36.9 Å². The van der Waals surface area contributed by atoms with Gasteiger partial charge in [0.15, 0.2) is 5.82 Å². The van der Waals surface area contributed by atoms with E-state index in [9.17, 15) is 0 Å². The van der Waals surface area contributed by atoms with Gasteiger partial charge in [-0.3, -0.25) is 0 Å². The van der Waals surface area contributed by atoms with E-state index < -0.39 is 0 Å². The highest BCUT2D eigenvalue weighted by Crippen LogP contribution is 2.19. The smallest absolute Gasteiger partial charge is 0.153 e. The van der Waals surface area contributed by atoms with E-state index in [0.717, 1.165) is 17.2 Å². The maximum Gasteiger partial charge on any atom is 0.153 e. The summed E-state index contributed by atoms with van der Waals surface area (Å²) in [5, 5.41) is 4.26. The summed E-state index contributed by atoms with van der Waals surface area (Å²) in [7, 11) is 0. The monoisotopic (exact) mass is 215 g/mol. The summed E-state index contributed by atoms with van der Waals surface area (Å²) in [6, 6.07) is 6.15. The third-order valence-electron chi connectivity index (χ3n) is 2.78. The largest absolute Gasteiger partial charge is 0.234 e. The molecule has 0 aliphatic heterocycles. The molecule has 16 heavy (non-hydrogen) atoms. The Morgan fingerprint density at radius 1 is 1.12 bits per heavy atom. The fourth-order valence-corrected chi connectivity index (χ4v) is 1.90. The number of pyridine rings is 1. The molecule has 0 aromatic carbocycles. The molecule has 0 fully saturated rings. The lowest BCUT2D eigenvalue weighted by atomic mass is 10.0. The van der Waals surface area contributed by atoms with Crippen molar-refractivity contribution in [3.63, 3.8) is 0 Å². The van der Waals surface area contributed by atoms with Crippen LogP contribution in [0.15, 0.2) is 24.4 Å². The number of aromatic nitrogens is 3. The number of hydrogen-bond acceptors (Lipinski definition) is 2. The first-order chi connectivity index (χ1) is 7.59. The summed E-state index contributed by atoms with van der Waals surface area (Å²) < 4.78 is 1.86. The van der Waals surface area contributed by atoms with Crippen LogP contribution < -0.4 is 0 Å². The normalized spacial score (nSPS) is 11.1. The molecule has 2 aromatic rings. The van der Waals surface area contributed by atoms with Gasteiger partial charge in [-0.1, -0.05) is 19.9 Å². The summed E-state index contributed by atoms with van der Waals surface area (Å²) in [6.07, 6.45) is 1.79. The Kier molecular flexibility index (Phi) is 2.77. The van der Waals surface area contributed by atoms with Gasteiger partial charge in [-0.25, -0.2) is 9.67 Å². The quantitative estimate of drug-likeness (QED) is 0.771. The van der Waals surface area contributed by atoms with Gasteiger partial charge in [-0.15, -0.1) is 0 Å². The van der Waals surface area contributed by atoms with Crippen molar-refractivity contribution in [1.29, 1.82) is 0 Å². The van der Waals surface area contributed by atoms with Gasteiger partial charge in [0.1, 0.15) is 0 Å². The lowest BCUT2D eigenvalue weighted by molar-refractivity contribution is 0.792. The second kappa shape index (κ2) is 4.08. The third-order valence-corrected chi connectivity index (χ3v) is 2.78. The van der Waals surface area contributed by atoms with Crippen molar-refractivity contribution in [1.82, 2.24) is 14.8 Å². The highest BCUT2D eigenvalue weighted by molar-refractivity contribution is 5.32. The van der Waals surface area contributed by atoms with Crippen molar-refractivity contribution >= 4 is 0 Å². The molecule has 0 spiro atoms. The van der Waals surface area contributed by atoms with Crippen molar-refractivity contribution in [2.45, 2.75) is 33.6 Å². The molecule has 3 nitrogen and oxygen atoms in total. The van der Waals surface area contributed by atoms with Crippen LogP contribution in [0, 0.1) is 13.8 Å². The number of rotatable bonds is 2. The van der Waals surface area contributed by atoms with Crippen molar-refractivity contribution in [3.05, 3.63) is 41.3 Å². The van der Waals surface area contributed by atoms with E-state index in [1.807, 2.05) is 23.7 Å². The van der Waals surface area contributed by atoms with Crippen LogP contribution in [0.1, 0.15) is 36.7 Å². The molecular weight excluding hydrogens is 198 g/mol. The Hall–Kier alpha value is -1.64. The summed E-state index contributed by atoms with van der Waals surface area (Å²) >= 11 is 0. The highest BCUT2D eigenvalue weighted by Gasteiger charge is 2.07. The minimum atomic E-state index is 0.514. The standard InChI is InChI=1S/C13H17N3/c1-9(2)12-5-6-13(15-11(12)4)16-10(3)7-8-14-16/h5-9H,1-4H3. The van der Waals surface area contributed by atoms with Gasteiger partial charge in [0, 0.05) is 17.6 Å². The van der Waals surface area contributed by atoms with Crippen molar-refractivity contribution in [2.24, 2.45) is 0 Å². The second-order valence-corrected chi connectivity index (χ2v) is 4.38. The van der Waals surface area contributed by atoms with Gasteiger partial charge in [-0.05, 0) is 37.5 Å². The summed E-state index contributed by atoms with van der Waals surface area (Å²) in [4.78, 5) is 4.60. The average Bonchev–Trinajstić information content (AvgIpc) is 2.63. The molecule has 0 amide bonds. The Morgan fingerprint density at radius 2 is 1.88 bits per heavy atom. The molecule has 0 unspecified atom stereocenters. The molecule has 0 aliphatic rings. The van der Waals surface area contributed by atoms with Crippen LogP contribution in [-0.4, -0.2) is 14.8 Å². The van der Waals surface area contributed by atoms with Crippen LogP contribution in [0.4, 0.5) is 0 Å². The first-order valence-corrected chi connectivity index (χ1v) is 5.58. The Bertz CT molecular complexity index is 498. The topological polar surface area (TPSA) is 30.7 Å². The predicted molar refractivity (Wildman–Crippen MR) is 64.9 cm³/mol. The molecule has 84 valence electrons. The summed E-state index contributed by atoms with van der Waals surface area (Å²) in [6.45, 7) is 8.45. The van der Waals surface area contributed by atoms with E-state index in [1.165, 1.54) is 5.56 Å². The molecule has 2 heterocycles. The molecule has 0 bridgehead atoms. The van der Waals surface area contributed by atoms with Gasteiger partial charge in [0.2, 0.25) is 0 Å². The van der Waals surface area contributed by atoms with E-state index in [4.69, 9.17) is 0 Å². The lowest BCUT2D eigenvalue weighted by Gasteiger charge is -2.11. The molecule has 0 saturated carbocycles. The molecule has 0 atom stereocenters. The highest BCUT2D eigenvalue weighted by atomic mass is 15.3. The molecule has 2 rings (SSSR count). The predicted octanol–water partition coefficient (Wildman–Crippen LogP) is 3.01. The van der Waals surface area contributed by atoms with Gasteiger partial charge in [0.25, 0.3) is 0 Å². The molecule has 0 aliphatic carbocycles. The van der Waals surface area contributed by atoms with Crippen LogP contribution in [0.3, 0.4) is 0 Å². The van der Waals surface area contributed by atoms with Crippen molar-refractivity contribution in [2.75, 3.05) is 0 Å². The van der Waals surface area contributed by atoms with Gasteiger partial charge in [-0.2, -0.15) is 5.10 Å². The molecule has 3 heteroatoms. The van der Waals surface area contributed by atoms with Gasteiger partial charge >= 0.3 is 0 Å². The molecule has 0 N–H and O–H groups in total. The maximum absolute atomic E-state index is 4.60. The fourth-order valence-electron chi connectivity index (χ4n) is 1.90. The van der Waals surface area contributed by atoms with Crippen molar-refractivity contribution in [3.8, 4) is 5.82 Å². The Balaban J connectivity index is 2.46. The SMILES string of the molecule is Cc1nc(-n2nccc2C)ccc1C(C)C. The van der Waals surface area contributed by atoms with Crippen molar-refractivity contribution < 1.29 is 0 Å². The van der Waals surface area contributed by atoms with Gasteiger partial charge < -0.3 is 0 Å². The Labute approximate surface area is 96.1 Å². The molecular formula is C13H17N3. The first-order valence-electron chi connectivity index (χ1n) is 5.58. The second-order valence-electron chi connectivity index (χ2n) is 4.38. The summed E-state index contributed by atoms with van der Waals surface area (Å²) in [5.74, 6) is 1.41. The van der Waals surface area contributed by atoms with Crippen LogP contribution in [0.25, 0.3) is 5.82 Å². The number of nitrogens with zero attached hydrogens (tertiary/aromatic N) is 3. The minimum absolute atomic E-state index is 0.514. The zero-order valence-electron chi connectivity index (χ0n) is 10.2. The fraction of sp³-hybridized carbons (Fsp3) is 0.385. The van der Waals surface area contributed by atoms with Crippen LogP contribution in [0.2, 0.25) is 0 Å². The lowest BCUT2D eigenvalue weighted by Crippen LogP contribution is -2.04. The minimum Gasteiger partial charge on any atom is -0.234 e. The van der Waals surface area contributed by atoms with E-state index >= 15 is 0 Å². The van der Waals surface area contributed by atoms with Crippen LogP contribution in [-0.2, 0) is 0 Å². The Morgan fingerprint density at radius 3 is 2.38 bits per heavy atom. The van der Waals surface area contributed by atoms with Crippen LogP contribution in [0.5, 0.6) is 0 Å². The molecule has 2 aromatic heterocycles. The molecule has 0 radical (unpaired) electrons. The average molecular weight is 215 g/mol. The number of hydrogen-bond donors (Lipinski definition) is 0.